The molecule has 0 spiro atoms. The SMILES string of the molecule is Cc1ccc(CCCc2ccc(Nc3ccc([N+](=O)[O-])cc3C(=O)O)cc2)cc1C. The Labute approximate surface area is 175 Å². The third kappa shape index (κ3) is 5.23. The van der Waals surface area contributed by atoms with Gasteiger partial charge in [-0.05, 0) is 73.6 Å². The molecule has 0 saturated carbocycles. The van der Waals surface area contributed by atoms with Crippen molar-refractivity contribution in [3.8, 4) is 0 Å². The molecule has 6 nitrogen and oxygen atoms in total. The summed E-state index contributed by atoms with van der Waals surface area (Å²) in [5.41, 5.74) is 5.82. The average molecular weight is 404 g/mol. The Morgan fingerprint density at radius 3 is 2.23 bits per heavy atom. The number of hydrogen-bond donors (Lipinski definition) is 2. The molecule has 0 saturated heterocycles. The van der Waals surface area contributed by atoms with Crippen molar-refractivity contribution in [2.45, 2.75) is 33.1 Å². The summed E-state index contributed by atoms with van der Waals surface area (Å²) < 4.78 is 0. The summed E-state index contributed by atoms with van der Waals surface area (Å²) in [7, 11) is 0. The molecule has 0 radical (unpaired) electrons. The molecule has 0 aliphatic heterocycles. The van der Waals surface area contributed by atoms with Gasteiger partial charge in [0, 0.05) is 17.8 Å². The summed E-state index contributed by atoms with van der Waals surface area (Å²) in [6, 6.07) is 18.1. The second-order valence-electron chi connectivity index (χ2n) is 7.39. The second kappa shape index (κ2) is 9.22. The minimum absolute atomic E-state index is 0.137. The van der Waals surface area contributed by atoms with E-state index >= 15 is 0 Å². The van der Waals surface area contributed by atoms with Gasteiger partial charge < -0.3 is 10.4 Å². The van der Waals surface area contributed by atoms with Crippen LogP contribution in [0.1, 0.15) is 39.0 Å². The first-order chi connectivity index (χ1) is 14.3. The summed E-state index contributed by atoms with van der Waals surface area (Å²) >= 11 is 0. The number of nitro groups is 1. The summed E-state index contributed by atoms with van der Waals surface area (Å²) in [6.45, 7) is 4.25. The number of benzene rings is 3. The summed E-state index contributed by atoms with van der Waals surface area (Å²) in [4.78, 5) is 21.7. The number of anilines is 2. The van der Waals surface area contributed by atoms with E-state index in [1.807, 2.05) is 24.3 Å². The molecular weight excluding hydrogens is 380 g/mol. The number of carbonyl (C=O) groups is 1. The molecule has 30 heavy (non-hydrogen) atoms. The number of aromatic carboxylic acids is 1. The molecule has 154 valence electrons. The van der Waals surface area contributed by atoms with Crippen LogP contribution in [-0.4, -0.2) is 16.0 Å². The van der Waals surface area contributed by atoms with Crippen LogP contribution >= 0.6 is 0 Å². The predicted octanol–water partition coefficient (Wildman–Crippen LogP) is 5.83. The molecule has 0 fully saturated rings. The van der Waals surface area contributed by atoms with Gasteiger partial charge in [-0.25, -0.2) is 4.79 Å². The zero-order valence-electron chi connectivity index (χ0n) is 17.0. The Morgan fingerprint density at radius 2 is 1.60 bits per heavy atom. The maximum absolute atomic E-state index is 11.5. The van der Waals surface area contributed by atoms with Crippen molar-refractivity contribution in [2.24, 2.45) is 0 Å². The van der Waals surface area contributed by atoms with E-state index in [1.165, 1.54) is 34.4 Å². The van der Waals surface area contributed by atoms with E-state index in [4.69, 9.17) is 0 Å². The number of carboxylic acids is 1. The zero-order chi connectivity index (χ0) is 21.7. The lowest BCUT2D eigenvalue weighted by atomic mass is 10.0. The highest BCUT2D eigenvalue weighted by Gasteiger charge is 2.16. The fourth-order valence-corrected chi connectivity index (χ4v) is 3.30. The van der Waals surface area contributed by atoms with Gasteiger partial charge in [0.1, 0.15) is 0 Å². The van der Waals surface area contributed by atoms with Gasteiger partial charge in [-0.3, -0.25) is 10.1 Å². The van der Waals surface area contributed by atoms with Crippen LogP contribution in [0, 0.1) is 24.0 Å². The number of carboxylic acid groups (broad SMARTS) is 1. The van der Waals surface area contributed by atoms with Crippen LogP contribution in [0.15, 0.2) is 60.7 Å². The number of non-ortho nitro benzene ring substituents is 1. The maximum atomic E-state index is 11.5. The number of aryl methyl sites for hydroxylation is 4. The summed E-state index contributed by atoms with van der Waals surface area (Å²) in [5, 5.41) is 23.3. The van der Waals surface area contributed by atoms with Crippen molar-refractivity contribution in [3.63, 3.8) is 0 Å². The van der Waals surface area contributed by atoms with Crippen molar-refractivity contribution in [1.82, 2.24) is 0 Å². The third-order valence-electron chi connectivity index (χ3n) is 5.18. The van der Waals surface area contributed by atoms with E-state index in [0.29, 0.717) is 5.69 Å². The average Bonchev–Trinajstić information content (AvgIpc) is 2.72. The van der Waals surface area contributed by atoms with Gasteiger partial charge in [-0.15, -0.1) is 0 Å². The van der Waals surface area contributed by atoms with E-state index in [1.54, 1.807) is 0 Å². The van der Waals surface area contributed by atoms with Crippen LogP contribution in [0.2, 0.25) is 0 Å². The second-order valence-corrected chi connectivity index (χ2v) is 7.39. The van der Waals surface area contributed by atoms with Crippen LogP contribution in [-0.2, 0) is 12.8 Å². The minimum Gasteiger partial charge on any atom is -0.478 e. The van der Waals surface area contributed by atoms with E-state index in [9.17, 15) is 20.0 Å². The van der Waals surface area contributed by atoms with E-state index < -0.39 is 10.9 Å². The largest absolute Gasteiger partial charge is 0.478 e. The molecule has 0 bridgehead atoms. The molecule has 3 aromatic carbocycles. The molecule has 6 heteroatoms. The molecule has 3 aromatic rings. The lowest BCUT2D eigenvalue weighted by Crippen LogP contribution is -2.04. The Kier molecular flexibility index (Phi) is 6.47. The molecule has 2 N–H and O–H groups in total. The van der Waals surface area contributed by atoms with Gasteiger partial charge in [0.2, 0.25) is 0 Å². The zero-order valence-corrected chi connectivity index (χ0v) is 17.0. The lowest BCUT2D eigenvalue weighted by molar-refractivity contribution is -0.384. The van der Waals surface area contributed by atoms with Crippen LogP contribution in [0.25, 0.3) is 0 Å². The van der Waals surface area contributed by atoms with E-state index in [2.05, 4.69) is 37.4 Å². The van der Waals surface area contributed by atoms with Crippen LogP contribution in [0.4, 0.5) is 17.1 Å². The Bertz CT molecular complexity index is 1080. The van der Waals surface area contributed by atoms with Crippen molar-refractivity contribution >= 4 is 23.0 Å². The first-order valence-electron chi connectivity index (χ1n) is 9.77. The third-order valence-corrected chi connectivity index (χ3v) is 5.18. The van der Waals surface area contributed by atoms with Gasteiger partial charge in [-0.2, -0.15) is 0 Å². The molecule has 3 rings (SSSR count). The maximum Gasteiger partial charge on any atom is 0.338 e. The fourth-order valence-electron chi connectivity index (χ4n) is 3.30. The van der Waals surface area contributed by atoms with Gasteiger partial charge >= 0.3 is 5.97 Å². The monoisotopic (exact) mass is 404 g/mol. The van der Waals surface area contributed by atoms with Gasteiger partial charge in [0.15, 0.2) is 0 Å². The Hall–Kier alpha value is -3.67. The molecule has 0 aliphatic carbocycles. The lowest BCUT2D eigenvalue weighted by Gasteiger charge is -2.10. The van der Waals surface area contributed by atoms with Gasteiger partial charge in [-0.1, -0.05) is 30.3 Å². The molecule has 0 amide bonds. The fraction of sp³-hybridized carbons (Fsp3) is 0.208. The highest BCUT2D eigenvalue weighted by molar-refractivity contribution is 5.96. The number of rotatable bonds is 8. The first-order valence-corrected chi connectivity index (χ1v) is 9.77. The van der Waals surface area contributed by atoms with Crippen LogP contribution < -0.4 is 5.32 Å². The van der Waals surface area contributed by atoms with Crippen LogP contribution in [0.5, 0.6) is 0 Å². The van der Waals surface area contributed by atoms with Gasteiger partial charge in [0.25, 0.3) is 5.69 Å². The van der Waals surface area contributed by atoms with E-state index in [0.717, 1.165) is 31.0 Å². The predicted molar refractivity (Wildman–Crippen MR) is 118 cm³/mol. The Balaban J connectivity index is 1.62. The Morgan fingerprint density at radius 1 is 0.933 bits per heavy atom. The number of nitrogens with zero attached hydrogens (tertiary/aromatic N) is 1. The molecule has 0 aromatic heterocycles. The first kappa shape index (κ1) is 21.0. The standard InChI is InChI=1S/C24H24N2O4/c1-16-6-7-19(14-17(16)2)5-3-4-18-8-10-20(11-9-18)25-23-13-12-21(26(29)30)15-22(23)24(27)28/h6-15,25H,3-5H2,1-2H3,(H,27,28). The topological polar surface area (TPSA) is 92.5 Å². The number of hydrogen-bond acceptors (Lipinski definition) is 4. The molecule has 0 aliphatic rings. The smallest absolute Gasteiger partial charge is 0.338 e. The number of nitrogens with one attached hydrogen (secondary N) is 1. The highest BCUT2D eigenvalue weighted by Crippen LogP contribution is 2.26. The quantitative estimate of drug-likeness (QED) is 0.364. The van der Waals surface area contributed by atoms with Crippen molar-refractivity contribution in [3.05, 3.63) is 98.6 Å². The summed E-state index contributed by atoms with van der Waals surface area (Å²) in [5.74, 6) is -1.22. The highest BCUT2D eigenvalue weighted by atomic mass is 16.6. The number of nitro benzene ring substituents is 1. The van der Waals surface area contributed by atoms with E-state index in [-0.39, 0.29) is 11.3 Å². The van der Waals surface area contributed by atoms with Crippen molar-refractivity contribution < 1.29 is 14.8 Å². The molecular formula is C24H24N2O4. The minimum atomic E-state index is -1.22. The van der Waals surface area contributed by atoms with Gasteiger partial charge in [0.05, 0.1) is 16.2 Å². The molecule has 0 heterocycles. The molecule has 0 atom stereocenters. The normalized spacial score (nSPS) is 10.6. The van der Waals surface area contributed by atoms with Crippen molar-refractivity contribution in [1.29, 1.82) is 0 Å². The van der Waals surface area contributed by atoms with Crippen LogP contribution in [0.3, 0.4) is 0 Å². The molecule has 0 unspecified atom stereocenters. The van der Waals surface area contributed by atoms with Crippen molar-refractivity contribution in [2.75, 3.05) is 5.32 Å². The summed E-state index contributed by atoms with van der Waals surface area (Å²) in [6.07, 6.45) is 3.01.